The van der Waals surface area contributed by atoms with Crippen LogP contribution in [0, 0.1) is 5.92 Å². The average molecular weight is 389 g/mol. The van der Waals surface area contributed by atoms with Crippen molar-refractivity contribution >= 4 is 17.4 Å². The smallest absolute Gasteiger partial charge is 0.355 e. The molecule has 2 aromatic heterocycles. The van der Waals surface area contributed by atoms with Crippen molar-refractivity contribution in [3.8, 4) is 5.82 Å². The maximum Gasteiger partial charge on any atom is 0.416 e. The van der Waals surface area contributed by atoms with Crippen LogP contribution in [-0.4, -0.2) is 43.7 Å². The summed E-state index contributed by atoms with van der Waals surface area (Å²) >= 11 is 0. The molecule has 1 N–H and O–H groups in total. The fourth-order valence-corrected chi connectivity index (χ4v) is 2.78. The predicted octanol–water partition coefficient (Wildman–Crippen LogP) is 2.15. The highest BCUT2D eigenvalue weighted by atomic mass is 19.4. The van der Waals surface area contributed by atoms with Gasteiger partial charge < -0.3 is 10.2 Å². The van der Waals surface area contributed by atoms with Crippen molar-refractivity contribution in [2.24, 2.45) is 5.92 Å². The summed E-state index contributed by atoms with van der Waals surface area (Å²) in [6, 6.07) is 6.10. The molecule has 0 unspecified atom stereocenters. The van der Waals surface area contributed by atoms with Crippen LogP contribution in [0.3, 0.4) is 0 Å². The standard InChI is InChI=1S/C17H14F3N7O/c18-17(19,20)12-1-3-13(4-2-12)25-16(28)11-6-26(7-11)14-5-15(23-9-22-14)27-10-21-8-24-27/h1-5,8-11H,6-7H2,(H,25,28). The number of hydrogen-bond donors (Lipinski definition) is 1. The van der Waals surface area contributed by atoms with Gasteiger partial charge in [0.25, 0.3) is 0 Å². The molecule has 8 nitrogen and oxygen atoms in total. The minimum absolute atomic E-state index is 0.249. The number of amides is 1. The van der Waals surface area contributed by atoms with E-state index < -0.39 is 11.7 Å². The van der Waals surface area contributed by atoms with E-state index in [9.17, 15) is 18.0 Å². The molecule has 4 rings (SSSR count). The Morgan fingerprint density at radius 2 is 1.79 bits per heavy atom. The third kappa shape index (κ3) is 3.63. The quantitative estimate of drug-likeness (QED) is 0.736. The van der Waals surface area contributed by atoms with Gasteiger partial charge >= 0.3 is 6.18 Å². The third-order valence-electron chi connectivity index (χ3n) is 4.35. The van der Waals surface area contributed by atoms with E-state index in [1.54, 1.807) is 6.07 Å². The van der Waals surface area contributed by atoms with Gasteiger partial charge in [-0.3, -0.25) is 4.79 Å². The minimum atomic E-state index is -4.40. The lowest BCUT2D eigenvalue weighted by atomic mass is 9.99. The van der Waals surface area contributed by atoms with Crippen molar-refractivity contribution in [2.75, 3.05) is 23.3 Å². The lowest BCUT2D eigenvalue weighted by molar-refractivity contribution is -0.137. The Labute approximate surface area is 157 Å². The van der Waals surface area contributed by atoms with Gasteiger partial charge in [0, 0.05) is 24.8 Å². The van der Waals surface area contributed by atoms with Crippen molar-refractivity contribution in [2.45, 2.75) is 6.18 Å². The molecule has 0 aliphatic carbocycles. The second kappa shape index (κ2) is 6.91. The Balaban J connectivity index is 1.35. The third-order valence-corrected chi connectivity index (χ3v) is 4.35. The van der Waals surface area contributed by atoms with Crippen LogP contribution < -0.4 is 10.2 Å². The molecule has 0 spiro atoms. The summed E-state index contributed by atoms with van der Waals surface area (Å²) in [5.74, 6) is 0.674. The fourth-order valence-electron chi connectivity index (χ4n) is 2.78. The van der Waals surface area contributed by atoms with Crippen LogP contribution in [0.2, 0.25) is 0 Å². The van der Waals surface area contributed by atoms with Gasteiger partial charge in [0.05, 0.1) is 11.5 Å². The molecule has 1 amide bonds. The number of carbonyl (C=O) groups excluding carboxylic acids is 1. The fraction of sp³-hybridized carbons (Fsp3) is 0.235. The van der Waals surface area contributed by atoms with E-state index in [0.29, 0.717) is 30.4 Å². The first-order chi connectivity index (χ1) is 13.4. The largest absolute Gasteiger partial charge is 0.416 e. The summed E-state index contributed by atoms with van der Waals surface area (Å²) in [5, 5.41) is 6.64. The number of benzene rings is 1. The van der Waals surface area contributed by atoms with Crippen molar-refractivity contribution in [3.05, 3.63) is 54.9 Å². The highest BCUT2D eigenvalue weighted by Crippen LogP contribution is 2.30. The summed E-state index contributed by atoms with van der Waals surface area (Å²) in [5.41, 5.74) is -0.431. The van der Waals surface area contributed by atoms with Gasteiger partial charge in [0.15, 0.2) is 5.82 Å². The number of hydrogen-bond acceptors (Lipinski definition) is 6. The van der Waals surface area contributed by atoms with Crippen molar-refractivity contribution < 1.29 is 18.0 Å². The van der Waals surface area contributed by atoms with Gasteiger partial charge in [-0.2, -0.15) is 18.3 Å². The number of nitrogens with one attached hydrogen (secondary N) is 1. The van der Waals surface area contributed by atoms with E-state index in [0.717, 1.165) is 12.1 Å². The summed E-state index contributed by atoms with van der Waals surface area (Å²) in [6.07, 6.45) is -0.0862. The number of halogens is 3. The van der Waals surface area contributed by atoms with Gasteiger partial charge in [-0.05, 0) is 24.3 Å². The van der Waals surface area contributed by atoms with Gasteiger partial charge in [-0.15, -0.1) is 0 Å². The molecule has 0 radical (unpaired) electrons. The number of anilines is 2. The zero-order valence-corrected chi connectivity index (χ0v) is 14.3. The van der Waals surface area contributed by atoms with Crippen molar-refractivity contribution in [3.63, 3.8) is 0 Å². The first-order valence-electron chi connectivity index (χ1n) is 8.30. The molecule has 0 atom stereocenters. The van der Waals surface area contributed by atoms with Crippen molar-refractivity contribution in [1.29, 1.82) is 0 Å². The molecule has 1 aromatic carbocycles. The van der Waals surface area contributed by atoms with E-state index in [2.05, 4.69) is 25.4 Å². The molecule has 1 aliphatic heterocycles. The molecule has 144 valence electrons. The zero-order valence-electron chi connectivity index (χ0n) is 14.3. The maximum atomic E-state index is 12.6. The summed E-state index contributed by atoms with van der Waals surface area (Å²) in [4.78, 5) is 26.4. The molecule has 3 heterocycles. The Morgan fingerprint density at radius 1 is 1.07 bits per heavy atom. The van der Waals surface area contributed by atoms with Crippen LogP contribution in [0.5, 0.6) is 0 Å². The molecule has 0 saturated carbocycles. The Bertz CT molecular complexity index is 967. The first kappa shape index (κ1) is 17.9. The van der Waals surface area contributed by atoms with Crippen LogP contribution in [0.15, 0.2) is 49.3 Å². The van der Waals surface area contributed by atoms with Gasteiger partial charge in [-0.25, -0.2) is 19.6 Å². The summed E-state index contributed by atoms with van der Waals surface area (Å²) in [6.45, 7) is 0.889. The highest BCUT2D eigenvalue weighted by molar-refractivity contribution is 5.94. The van der Waals surface area contributed by atoms with Crippen LogP contribution in [0.4, 0.5) is 24.7 Å². The van der Waals surface area contributed by atoms with Gasteiger partial charge in [0.1, 0.15) is 24.8 Å². The number of carbonyl (C=O) groups is 1. The van der Waals surface area contributed by atoms with Gasteiger partial charge in [0.2, 0.25) is 5.91 Å². The maximum absolute atomic E-state index is 12.6. The zero-order chi connectivity index (χ0) is 19.7. The molecular formula is C17H14F3N7O. The second-order valence-corrected chi connectivity index (χ2v) is 6.24. The molecule has 1 aliphatic rings. The molecular weight excluding hydrogens is 375 g/mol. The molecule has 1 saturated heterocycles. The van der Waals surface area contributed by atoms with Crippen LogP contribution in [0.25, 0.3) is 5.82 Å². The highest BCUT2D eigenvalue weighted by Gasteiger charge is 2.34. The Kier molecular flexibility index (Phi) is 4.41. The predicted molar refractivity (Wildman–Crippen MR) is 92.7 cm³/mol. The van der Waals surface area contributed by atoms with Crippen LogP contribution >= 0.6 is 0 Å². The first-order valence-corrected chi connectivity index (χ1v) is 8.30. The Morgan fingerprint density at radius 3 is 2.43 bits per heavy atom. The number of aromatic nitrogens is 5. The van der Waals surface area contributed by atoms with Crippen molar-refractivity contribution in [1.82, 2.24) is 24.7 Å². The topological polar surface area (TPSA) is 88.8 Å². The average Bonchev–Trinajstić information content (AvgIpc) is 3.15. The molecule has 0 bridgehead atoms. The van der Waals surface area contributed by atoms with Crippen LogP contribution in [-0.2, 0) is 11.0 Å². The van der Waals surface area contributed by atoms with E-state index in [-0.39, 0.29) is 11.8 Å². The number of nitrogens with zero attached hydrogens (tertiary/aromatic N) is 6. The van der Waals surface area contributed by atoms with E-state index >= 15 is 0 Å². The van der Waals surface area contributed by atoms with Crippen LogP contribution in [0.1, 0.15) is 5.56 Å². The Hall–Kier alpha value is -3.50. The number of alkyl halides is 3. The summed E-state index contributed by atoms with van der Waals surface area (Å²) in [7, 11) is 0. The normalized spacial score (nSPS) is 14.6. The molecule has 28 heavy (non-hydrogen) atoms. The molecule has 3 aromatic rings. The molecule has 1 fully saturated rings. The SMILES string of the molecule is O=C(Nc1ccc(C(F)(F)F)cc1)C1CN(c2cc(-n3cncn3)ncn2)C1. The van der Waals surface area contributed by atoms with Gasteiger partial charge in [-0.1, -0.05) is 0 Å². The second-order valence-electron chi connectivity index (χ2n) is 6.24. The monoisotopic (exact) mass is 389 g/mol. The molecule has 11 heteroatoms. The minimum Gasteiger partial charge on any atom is -0.355 e. The van der Waals surface area contributed by atoms with E-state index in [4.69, 9.17) is 0 Å². The summed E-state index contributed by atoms with van der Waals surface area (Å²) < 4.78 is 39.3. The van der Waals surface area contributed by atoms with E-state index in [1.807, 2.05) is 4.90 Å². The van der Waals surface area contributed by atoms with E-state index in [1.165, 1.54) is 35.8 Å². The lowest BCUT2D eigenvalue weighted by Gasteiger charge is -2.39. The lowest BCUT2D eigenvalue weighted by Crippen LogP contribution is -2.52. The number of rotatable bonds is 4.